The Morgan fingerprint density at radius 3 is 2.10 bits per heavy atom. The van der Waals surface area contributed by atoms with Crippen molar-refractivity contribution in [2.75, 3.05) is 0 Å². The summed E-state index contributed by atoms with van der Waals surface area (Å²) in [4.78, 5) is 38.2. The molecule has 9 heteroatoms. The van der Waals surface area contributed by atoms with Crippen molar-refractivity contribution in [2.45, 2.75) is 45.8 Å². The van der Waals surface area contributed by atoms with Gasteiger partial charge in [0.25, 0.3) is 0 Å². The molecule has 1 heterocycles. The number of aromatic carboxylic acids is 1. The van der Waals surface area contributed by atoms with E-state index in [4.69, 9.17) is 0 Å². The Balaban J connectivity index is 1.77. The van der Waals surface area contributed by atoms with Crippen molar-refractivity contribution in [3.8, 4) is 11.1 Å². The summed E-state index contributed by atoms with van der Waals surface area (Å²) in [6.07, 6.45) is -4.91. The number of carbonyl (C=O) groups excluding carboxylic acids is 1. The third kappa shape index (κ3) is 6.25. The van der Waals surface area contributed by atoms with Gasteiger partial charge in [-0.25, -0.2) is 14.2 Å². The molecule has 0 saturated heterocycles. The molecule has 0 unspecified atom stereocenters. The molecule has 6 nitrogen and oxygen atoms in total. The van der Waals surface area contributed by atoms with Crippen LogP contribution in [-0.2, 0) is 25.6 Å². The molecule has 4 aromatic rings. The molecule has 0 spiro atoms. The highest BCUT2D eigenvalue weighted by Gasteiger charge is 2.42. The molecule has 4 rings (SSSR count). The van der Waals surface area contributed by atoms with E-state index in [1.807, 2.05) is 13.8 Å². The van der Waals surface area contributed by atoms with Gasteiger partial charge < -0.3 is 5.11 Å². The number of rotatable bonds is 9. The fraction of sp³-hybridized carbons (Fsp3) is 0.258. The van der Waals surface area contributed by atoms with Gasteiger partial charge in [0, 0.05) is 0 Å². The highest BCUT2D eigenvalue weighted by molar-refractivity contribution is 5.96. The van der Waals surface area contributed by atoms with Crippen LogP contribution in [-0.4, -0.2) is 26.1 Å². The predicted octanol–water partition coefficient (Wildman–Crippen LogP) is 6.55. The van der Waals surface area contributed by atoms with Crippen molar-refractivity contribution < 1.29 is 27.9 Å². The van der Waals surface area contributed by atoms with Gasteiger partial charge in [-0.1, -0.05) is 86.6 Å². The number of alkyl halides is 3. The van der Waals surface area contributed by atoms with Crippen molar-refractivity contribution in [1.82, 2.24) is 9.13 Å². The first-order chi connectivity index (χ1) is 19.0. The van der Waals surface area contributed by atoms with Crippen LogP contribution in [0.15, 0.2) is 83.7 Å². The first-order valence-electron chi connectivity index (χ1n) is 12.9. The number of nitrogens with zero attached hydrogens (tertiary/aromatic N) is 2. The maximum atomic E-state index is 14.4. The van der Waals surface area contributed by atoms with Crippen LogP contribution in [0.2, 0.25) is 0 Å². The normalized spacial score (nSPS) is 11.7. The average molecular weight is 551 g/mol. The molecular formula is C31H29F3N2O4. The van der Waals surface area contributed by atoms with E-state index in [0.717, 1.165) is 4.57 Å². The summed E-state index contributed by atoms with van der Waals surface area (Å²) >= 11 is 0. The number of aromatic nitrogens is 2. The Kier molecular flexibility index (Phi) is 8.42. The molecule has 1 N–H and O–H groups in total. The van der Waals surface area contributed by atoms with Crippen molar-refractivity contribution in [3.63, 3.8) is 0 Å². The monoisotopic (exact) mass is 550 g/mol. The Bertz CT molecular complexity index is 1570. The minimum Gasteiger partial charge on any atom is -0.478 e. The van der Waals surface area contributed by atoms with Gasteiger partial charge in [0.15, 0.2) is 5.69 Å². The minimum atomic E-state index is -4.92. The molecule has 0 amide bonds. The number of halogens is 3. The van der Waals surface area contributed by atoms with Gasteiger partial charge >= 0.3 is 17.8 Å². The van der Waals surface area contributed by atoms with E-state index in [2.05, 4.69) is 0 Å². The molecule has 40 heavy (non-hydrogen) atoms. The molecular weight excluding hydrogens is 521 g/mol. The number of imidazole rings is 1. The van der Waals surface area contributed by atoms with Crippen LogP contribution in [0.4, 0.5) is 13.2 Å². The summed E-state index contributed by atoms with van der Waals surface area (Å²) in [6.45, 7) is 3.57. The number of hydrogen-bond acceptors (Lipinski definition) is 3. The van der Waals surface area contributed by atoms with Crippen molar-refractivity contribution in [1.29, 1.82) is 0 Å². The van der Waals surface area contributed by atoms with E-state index in [1.54, 1.807) is 72.8 Å². The van der Waals surface area contributed by atoms with Crippen LogP contribution < -0.4 is 5.69 Å². The van der Waals surface area contributed by atoms with Gasteiger partial charge in [-0.3, -0.25) is 9.36 Å². The number of carboxylic acid groups (broad SMARTS) is 1. The lowest BCUT2D eigenvalue weighted by Gasteiger charge is -2.14. The topological polar surface area (TPSA) is 81.3 Å². The van der Waals surface area contributed by atoms with Gasteiger partial charge in [0.05, 0.1) is 24.2 Å². The van der Waals surface area contributed by atoms with Crippen LogP contribution in [0.3, 0.4) is 0 Å². The Labute approximate surface area is 229 Å². The summed E-state index contributed by atoms with van der Waals surface area (Å²) in [6, 6.07) is 21.4. The van der Waals surface area contributed by atoms with Gasteiger partial charge in [-0.2, -0.15) is 13.2 Å². The van der Waals surface area contributed by atoms with E-state index in [0.29, 0.717) is 28.7 Å². The molecule has 0 atom stereocenters. The highest BCUT2D eigenvalue weighted by atomic mass is 19.4. The van der Waals surface area contributed by atoms with Gasteiger partial charge in [0.2, 0.25) is 5.91 Å². The molecule has 0 aliphatic rings. The lowest BCUT2D eigenvalue weighted by molar-refractivity contribution is -0.143. The second-order valence-corrected chi connectivity index (χ2v) is 10.0. The highest BCUT2D eigenvalue weighted by Crippen LogP contribution is 2.33. The second kappa shape index (κ2) is 11.8. The van der Waals surface area contributed by atoms with Gasteiger partial charge in [0.1, 0.15) is 0 Å². The van der Waals surface area contributed by atoms with Crippen LogP contribution >= 0.6 is 0 Å². The fourth-order valence-corrected chi connectivity index (χ4v) is 4.70. The molecule has 0 radical (unpaired) electrons. The molecule has 3 aromatic carbocycles. The SMILES string of the molecule is CC(C)CCc1c(C(F)(F)F)n(C(=O)Cc2ccccc2)c(=O)n1Cc1ccc(-c2ccccc2C(=O)O)cc1. The maximum absolute atomic E-state index is 14.4. The van der Waals surface area contributed by atoms with E-state index in [-0.39, 0.29) is 41.1 Å². The van der Waals surface area contributed by atoms with E-state index in [1.165, 1.54) is 6.07 Å². The number of benzene rings is 3. The van der Waals surface area contributed by atoms with Crippen LogP contribution in [0.25, 0.3) is 11.1 Å². The molecule has 208 valence electrons. The standard InChI is InChI=1S/C31H29F3N2O4/c1-20(2)12-17-26-28(31(32,33)34)36(27(37)18-21-8-4-3-5-9-21)30(40)35(26)19-22-13-15-23(16-14-22)24-10-6-7-11-25(24)29(38)39/h3-11,13-16,20H,12,17-19H2,1-2H3,(H,38,39). The Hall–Kier alpha value is -4.40. The van der Waals surface area contributed by atoms with Crippen molar-refractivity contribution in [3.05, 3.63) is 117 Å². The van der Waals surface area contributed by atoms with Gasteiger partial charge in [-0.15, -0.1) is 0 Å². The summed E-state index contributed by atoms with van der Waals surface area (Å²) in [7, 11) is 0. The molecule has 0 fully saturated rings. The van der Waals surface area contributed by atoms with Crippen molar-refractivity contribution in [2.24, 2.45) is 5.92 Å². The molecule has 0 bridgehead atoms. The van der Waals surface area contributed by atoms with Crippen LogP contribution in [0.5, 0.6) is 0 Å². The van der Waals surface area contributed by atoms with Crippen LogP contribution in [0.1, 0.15) is 57.9 Å². The zero-order valence-electron chi connectivity index (χ0n) is 22.1. The maximum Gasteiger partial charge on any atom is 0.433 e. The van der Waals surface area contributed by atoms with Crippen molar-refractivity contribution >= 4 is 11.9 Å². The lowest BCUT2D eigenvalue weighted by Crippen LogP contribution is -2.33. The van der Waals surface area contributed by atoms with Gasteiger partial charge in [-0.05, 0) is 47.1 Å². The smallest absolute Gasteiger partial charge is 0.433 e. The minimum absolute atomic E-state index is 0.0303. The third-order valence-electron chi connectivity index (χ3n) is 6.68. The molecule has 1 aromatic heterocycles. The van der Waals surface area contributed by atoms with E-state index in [9.17, 15) is 32.7 Å². The van der Waals surface area contributed by atoms with E-state index >= 15 is 0 Å². The Morgan fingerprint density at radius 2 is 1.50 bits per heavy atom. The molecule has 0 aliphatic carbocycles. The first-order valence-corrected chi connectivity index (χ1v) is 12.9. The zero-order chi connectivity index (χ0) is 29.0. The second-order valence-electron chi connectivity index (χ2n) is 10.0. The van der Waals surface area contributed by atoms with E-state index < -0.39 is 29.4 Å². The lowest BCUT2D eigenvalue weighted by atomic mass is 9.98. The average Bonchev–Trinajstić information content (AvgIpc) is 3.20. The number of carbonyl (C=O) groups is 2. The first kappa shape index (κ1) is 28.6. The third-order valence-corrected chi connectivity index (χ3v) is 6.68. The largest absolute Gasteiger partial charge is 0.478 e. The number of carboxylic acids is 1. The fourth-order valence-electron chi connectivity index (χ4n) is 4.70. The molecule has 0 aliphatic heterocycles. The summed E-state index contributed by atoms with van der Waals surface area (Å²) in [5.41, 5.74) is -0.237. The summed E-state index contributed by atoms with van der Waals surface area (Å²) < 4.78 is 44.6. The molecule has 0 saturated carbocycles. The number of hydrogen-bond donors (Lipinski definition) is 1. The van der Waals surface area contributed by atoms with Crippen LogP contribution in [0, 0.1) is 5.92 Å². The Morgan fingerprint density at radius 1 is 0.875 bits per heavy atom. The summed E-state index contributed by atoms with van der Waals surface area (Å²) in [5, 5.41) is 9.50. The predicted molar refractivity (Wildman–Crippen MR) is 146 cm³/mol. The summed E-state index contributed by atoms with van der Waals surface area (Å²) in [5.74, 6) is -1.96. The zero-order valence-corrected chi connectivity index (χ0v) is 22.1. The quantitative estimate of drug-likeness (QED) is 0.256.